The highest BCUT2D eigenvalue weighted by Crippen LogP contribution is 2.31. The van der Waals surface area contributed by atoms with Crippen LogP contribution in [0.2, 0.25) is 0 Å². The van der Waals surface area contributed by atoms with Gasteiger partial charge in [0, 0.05) is 36.0 Å². The number of aromatic hydroxyl groups is 1. The Kier molecular flexibility index (Phi) is 5.00. The molecule has 116 valence electrons. The van der Waals surface area contributed by atoms with Gasteiger partial charge in [-0.2, -0.15) is 11.8 Å². The van der Waals surface area contributed by atoms with Gasteiger partial charge >= 0.3 is 0 Å². The molecular weight excluding hydrogens is 316 g/mol. The minimum absolute atomic E-state index is 0.117. The number of nitrogens with zero attached hydrogens (tertiary/aromatic N) is 2. The Morgan fingerprint density at radius 2 is 2.18 bits per heavy atom. The SMILES string of the molecule is O=C(CCc1ccc(O)cc1)N1CCSC[C@H]1c1nccs1. The van der Waals surface area contributed by atoms with Crippen molar-refractivity contribution in [2.45, 2.75) is 18.9 Å². The molecule has 1 aliphatic heterocycles. The van der Waals surface area contributed by atoms with Gasteiger partial charge in [-0.15, -0.1) is 11.3 Å². The van der Waals surface area contributed by atoms with Crippen LogP contribution < -0.4 is 0 Å². The summed E-state index contributed by atoms with van der Waals surface area (Å²) in [6.07, 6.45) is 3.00. The van der Waals surface area contributed by atoms with Gasteiger partial charge in [0.25, 0.3) is 0 Å². The van der Waals surface area contributed by atoms with E-state index < -0.39 is 0 Å². The van der Waals surface area contributed by atoms with Gasteiger partial charge < -0.3 is 10.0 Å². The number of aryl methyl sites for hydroxylation is 1. The van der Waals surface area contributed by atoms with Crippen LogP contribution in [-0.4, -0.2) is 38.9 Å². The summed E-state index contributed by atoms with van der Waals surface area (Å²) in [4.78, 5) is 19.0. The molecule has 6 heteroatoms. The minimum Gasteiger partial charge on any atom is -0.508 e. The standard InChI is InChI=1S/C16H18N2O2S2/c19-13-4-1-12(2-5-13)3-6-15(20)18-8-10-21-11-14(18)16-17-7-9-22-16/h1-2,4-5,7,9,14,19H,3,6,8,10-11H2/t14-/m0/s1. The first kappa shape index (κ1) is 15.4. The minimum atomic E-state index is 0.117. The molecule has 1 fully saturated rings. The third-order valence-corrected chi connectivity index (χ3v) is 5.65. The largest absolute Gasteiger partial charge is 0.508 e. The maximum atomic E-state index is 12.6. The molecule has 0 unspecified atom stereocenters. The fraction of sp³-hybridized carbons (Fsp3) is 0.375. The van der Waals surface area contributed by atoms with E-state index in [9.17, 15) is 9.90 Å². The molecule has 22 heavy (non-hydrogen) atoms. The van der Waals surface area contributed by atoms with E-state index in [1.807, 2.05) is 34.2 Å². The molecule has 1 saturated heterocycles. The zero-order chi connectivity index (χ0) is 15.4. The Balaban J connectivity index is 1.63. The number of thioether (sulfide) groups is 1. The maximum absolute atomic E-state index is 12.6. The first-order valence-electron chi connectivity index (χ1n) is 7.28. The Hall–Kier alpha value is -1.53. The molecule has 0 saturated carbocycles. The van der Waals surface area contributed by atoms with Crippen molar-refractivity contribution in [2.24, 2.45) is 0 Å². The van der Waals surface area contributed by atoms with Gasteiger partial charge in [-0.05, 0) is 24.1 Å². The fourth-order valence-electron chi connectivity index (χ4n) is 2.56. The van der Waals surface area contributed by atoms with E-state index in [0.717, 1.165) is 28.6 Å². The second kappa shape index (κ2) is 7.15. The number of phenolic OH excluding ortho intramolecular Hbond substituents is 1. The number of aromatic nitrogens is 1. The number of hydrogen-bond acceptors (Lipinski definition) is 5. The summed E-state index contributed by atoms with van der Waals surface area (Å²) >= 11 is 3.50. The Morgan fingerprint density at radius 1 is 1.36 bits per heavy atom. The lowest BCUT2D eigenvalue weighted by Crippen LogP contribution is -2.40. The molecule has 2 aromatic rings. The molecule has 0 aliphatic carbocycles. The van der Waals surface area contributed by atoms with Gasteiger partial charge in [0.2, 0.25) is 5.91 Å². The van der Waals surface area contributed by atoms with Crippen molar-refractivity contribution in [3.8, 4) is 5.75 Å². The van der Waals surface area contributed by atoms with Crippen molar-refractivity contribution < 1.29 is 9.90 Å². The highest BCUT2D eigenvalue weighted by molar-refractivity contribution is 7.99. The van der Waals surface area contributed by atoms with Gasteiger partial charge in [-0.3, -0.25) is 4.79 Å². The lowest BCUT2D eigenvalue weighted by molar-refractivity contribution is -0.133. The second-order valence-electron chi connectivity index (χ2n) is 5.21. The Labute approximate surface area is 138 Å². The molecule has 2 heterocycles. The van der Waals surface area contributed by atoms with Crippen molar-refractivity contribution in [3.05, 3.63) is 46.4 Å². The monoisotopic (exact) mass is 334 g/mol. The summed E-state index contributed by atoms with van der Waals surface area (Å²) in [6, 6.07) is 7.18. The maximum Gasteiger partial charge on any atom is 0.223 e. The summed E-state index contributed by atoms with van der Waals surface area (Å²) < 4.78 is 0. The second-order valence-corrected chi connectivity index (χ2v) is 7.29. The molecule has 1 N–H and O–H groups in total. The van der Waals surface area contributed by atoms with Crippen molar-refractivity contribution in [2.75, 3.05) is 18.1 Å². The van der Waals surface area contributed by atoms with Crippen LogP contribution in [0.5, 0.6) is 5.75 Å². The van der Waals surface area contributed by atoms with Gasteiger partial charge in [0.1, 0.15) is 10.8 Å². The number of thiazole rings is 1. The zero-order valence-corrected chi connectivity index (χ0v) is 13.8. The van der Waals surface area contributed by atoms with Crippen molar-refractivity contribution in [3.63, 3.8) is 0 Å². The van der Waals surface area contributed by atoms with Gasteiger partial charge in [0.05, 0.1) is 6.04 Å². The van der Waals surface area contributed by atoms with Crippen molar-refractivity contribution in [1.82, 2.24) is 9.88 Å². The van der Waals surface area contributed by atoms with E-state index >= 15 is 0 Å². The first-order valence-corrected chi connectivity index (χ1v) is 9.32. The number of phenols is 1. The normalized spacial score (nSPS) is 18.4. The van der Waals surface area contributed by atoms with Gasteiger partial charge in [0.15, 0.2) is 0 Å². The van der Waals surface area contributed by atoms with E-state index in [1.54, 1.807) is 29.7 Å². The van der Waals surface area contributed by atoms with Crippen LogP contribution >= 0.6 is 23.1 Å². The van der Waals surface area contributed by atoms with Crippen molar-refractivity contribution >= 4 is 29.0 Å². The van der Waals surface area contributed by atoms with Gasteiger partial charge in [-0.25, -0.2) is 4.98 Å². The Bertz CT molecular complexity index is 614. The molecule has 1 atom stereocenters. The van der Waals surface area contributed by atoms with E-state index in [1.165, 1.54) is 0 Å². The van der Waals surface area contributed by atoms with Gasteiger partial charge in [-0.1, -0.05) is 12.1 Å². The molecular formula is C16H18N2O2S2. The average molecular weight is 334 g/mol. The van der Waals surface area contributed by atoms with Crippen LogP contribution in [0.15, 0.2) is 35.8 Å². The number of rotatable bonds is 4. The van der Waals surface area contributed by atoms with Crippen LogP contribution in [0.4, 0.5) is 0 Å². The topological polar surface area (TPSA) is 53.4 Å². The molecule has 1 aromatic heterocycles. The molecule has 4 nitrogen and oxygen atoms in total. The molecule has 3 rings (SSSR count). The molecule has 0 bridgehead atoms. The van der Waals surface area contributed by atoms with Crippen molar-refractivity contribution in [1.29, 1.82) is 0 Å². The average Bonchev–Trinajstić information content (AvgIpc) is 3.08. The predicted molar refractivity (Wildman–Crippen MR) is 90.3 cm³/mol. The number of carbonyl (C=O) groups is 1. The first-order chi connectivity index (χ1) is 10.7. The summed E-state index contributed by atoms with van der Waals surface area (Å²) in [7, 11) is 0. The Morgan fingerprint density at radius 3 is 2.91 bits per heavy atom. The number of amides is 1. The van der Waals surface area contributed by atoms with Crippen LogP contribution in [0.1, 0.15) is 23.0 Å². The predicted octanol–water partition coefficient (Wildman–Crippen LogP) is 3.10. The lowest BCUT2D eigenvalue weighted by Gasteiger charge is -2.34. The van der Waals surface area contributed by atoms with Crippen LogP contribution in [-0.2, 0) is 11.2 Å². The van der Waals surface area contributed by atoms with E-state index in [0.29, 0.717) is 12.8 Å². The third-order valence-electron chi connectivity index (χ3n) is 3.75. The van der Waals surface area contributed by atoms with E-state index in [2.05, 4.69) is 4.98 Å². The molecule has 0 spiro atoms. The van der Waals surface area contributed by atoms with E-state index in [4.69, 9.17) is 0 Å². The number of benzene rings is 1. The van der Waals surface area contributed by atoms with Crippen LogP contribution in [0, 0.1) is 0 Å². The molecule has 1 aromatic carbocycles. The summed E-state index contributed by atoms with van der Waals surface area (Å²) in [5.41, 5.74) is 1.07. The number of hydrogen-bond donors (Lipinski definition) is 1. The summed E-state index contributed by atoms with van der Waals surface area (Å²) in [6.45, 7) is 0.795. The van der Waals surface area contributed by atoms with Crippen LogP contribution in [0.3, 0.4) is 0 Å². The van der Waals surface area contributed by atoms with Crippen LogP contribution in [0.25, 0.3) is 0 Å². The highest BCUT2D eigenvalue weighted by atomic mass is 32.2. The third kappa shape index (κ3) is 3.62. The van der Waals surface area contributed by atoms with E-state index in [-0.39, 0.29) is 17.7 Å². The molecule has 0 radical (unpaired) electrons. The lowest BCUT2D eigenvalue weighted by atomic mass is 10.1. The summed E-state index contributed by atoms with van der Waals surface area (Å²) in [5.74, 6) is 2.37. The highest BCUT2D eigenvalue weighted by Gasteiger charge is 2.29. The zero-order valence-electron chi connectivity index (χ0n) is 12.1. The molecule has 1 aliphatic rings. The summed E-state index contributed by atoms with van der Waals surface area (Å²) in [5, 5.41) is 12.3. The quantitative estimate of drug-likeness (QED) is 0.933. The fourth-order valence-corrected chi connectivity index (χ4v) is 4.47. The molecule has 1 amide bonds. The number of carbonyl (C=O) groups excluding carboxylic acids is 1. The smallest absolute Gasteiger partial charge is 0.223 e.